The number of likely N-dealkylation sites (tertiary alicyclic amines) is 2. The van der Waals surface area contributed by atoms with E-state index >= 15 is 0 Å². The molecule has 1 atom stereocenters. The molecule has 142 valence electrons. The number of rotatable bonds is 3. The lowest BCUT2D eigenvalue weighted by Gasteiger charge is -2.39. The van der Waals surface area contributed by atoms with E-state index in [1.54, 1.807) is 0 Å². The van der Waals surface area contributed by atoms with E-state index in [1.807, 2.05) is 48.2 Å². The summed E-state index contributed by atoms with van der Waals surface area (Å²) in [5.74, 6) is 0.152. The predicted molar refractivity (Wildman–Crippen MR) is 104 cm³/mol. The van der Waals surface area contributed by atoms with E-state index in [-0.39, 0.29) is 11.5 Å². The smallest absolute Gasteiger partial charge is 0.253 e. The van der Waals surface area contributed by atoms with E-state index in [2.05, 4.69) is 4.90 Å². The van der Waals surface area contributed by atoms with Crippen molar-refractivity contribution in [3.63, 3.8) is 0 Å². The Bertz CT molecular complexity index is 629. The van der Waals surface area contributed by atoms with E-state index in [9.17, 15) is 4.79 Å². The van der Waals surface area contributed by atoms with E-state index in [0.29, 0.717) is 6.04 Å². The third-order valence-electron chi connectivity index (χ3n) is 6.44. The number of ether oxygens (including phenoxy) is 1. The highest BCUT2D eigenvalue weighted by Gasteiger charge is 2.45. The van der Waals surface area contributed by atoms with Crippen molar-refractivity contribution < 1.29 is 9.53 Å². The Morgan fingerprint density at radius 1 is 1.08 bits per heavy atom. The molecule has 0 unspecified atom stereocenters. The highest BCUT2D eigenvalue weighted by atomic mass is 16.5. The van der Waals surface area contributed by atoms with E-state index in [4.69, 9.17) is 4.74 Å². The molecule has 5 heteroatoms. The minimum absolute atomic E-state index is 0.0127. The molecule has 3 aliphatic rings. The Labute approximate surface area is 156 Å². The molecule has 5 nitrogen and oxygen atoms in total. The molecule has 0 bridgehead atoms. The van der Waals surface area contributed by atoms with Crippen LogP contribution in [0.25, 0.3) is 0 Å². The summed E-state index contributed by atoms with van der Waals surface area (Å²) >= 11 is 0. The maximum absolute atomic E-state index is 12.8. The van der Waals surface area contributed by atoms with Crippen LogP contribution in [0.5, 0.6) is 0 Å². The van der Waals surface area contributed by atoms with Crippen molar-refractivity contribution in [2.24, 2.45) is 0 Å². The minimum Gasteiger partial charge on any atom is -0.378 e. The second kappa shape index (κ2) is 7.20. The summed E-state index contributed by atoms with van der Waals surface area (Å²) in [4.78, 5) is 19.5. The molecule has 0 aromatic heterocycles. The molecule has 3 fully saturated rings. The molecule has 0 radical (unpaired) electrons. The van der Waals surface area contributed by atoms with Gasteiger partial charge in [0.05, 0.1) is 12.2 Å². The predicted octanol–water partition coefficient (Wildman–Crippen LogP) is 2.61. The van der Waals surface area contributed by atoms with Crippen molar-refractivity contribution >= 4 is 11.6 Å². The zero-order chi connectivity index (χ0) is 18.1. The highest BCUT2D eigenvalue weighted by molar-refractivity contribution is 5.94. The molecule has 0 saturated carbocycles. The number of piperidine rings is 1. The van der Waals surface area contributed by atoms with Crippen LogP contribution >= 0.6 is 0 Å². The largest absolute Gasteiger partial charge is 0.378 e. The van der Waals surface area contributed by atoms with Crippen LogP contribution < -0.4 is 4.90 Å². The van der Waals surface area contributed by atoms with Crippen LogP contribution in [0.15, 0.2) is 24.3 Å². The molecule has 1 aromatic rings. The number of carbonyl (C=O) groups is 1. The van der Waals surface area contributed by atoms with Crippen LogP contribution in [0.2, 0.25) is 0 Å². The first-order valence-electron chi connectivity index (χ1n) is 10.0. The van der Waals surface area contributed by atoms with Crippen molar-refractivity contribution in [2.45, 2.75) is 43.7 Å². The molecule has 26 heavy (non-hydrogen) atoms. The van der Waals surface area contributed by atoms with E-state index < -0.39 is 0 Å². The van der Waals surface area contributed by atoms with Crippen molar-refractivity contribution in [2.75, 3.05) is 51.8 Å². The summed E-state index contributed by atoms with van der Waals surface area (Å²) < 4.78 is 6.30. The SMILES string of the molecule is CN(C)c1ccc(C(=O)N2CCC3(CC2)C[C@@H](N2CCCC2)CO3)cc1. The van der Waals surface area contributed by atoms with Crippen LogP contribution in [-0.2, 0) is 4.74 Å². The molecular formula is C21H31N3O2. The first-order chi connectivity index (χ1) is 12.6. The van der Waals surface area contributed by atoms with Gasteiger partial charge in [-0.2, -0.15) is 0 Å². The number of carbonyl (C=O) groups excluding carboxylic acids is 1. The van der Waals surface area contributed by atoms with Gasteiger partial charge in [0.2, 0.25) is 0 Å². The lowest BCUT2D eigenvalue weighted by molar-refractivity contribution is -0.0393. The van der Waals surface area contributed by atoms with E-state index in [0.717, 1.165) is 50.2 Å². The van der Waals surface area contributed by atoms with Gasteiger partial charge in [-0.15, -0.1) is 0 Å². The third-order valence-corrected chi connectivity index (χ3v) is 6.44. The van der Waals surface area contributed by atoms with Crippen molar-refractivity contribution in [3.8, 4) is 0 Å². The fourth-order valence-electron chi connectivity index (χ4n) is 4.71. The molecule has 0 N–H and O–H groups in total. The first kappa shape index (κ1) is 17.8. The number of amides is 1. The topological polar surface area (TPSA) is 36.0 Å². The Morgan fingerprint density at radius 2 is 1.73 bits per heavy atom. The number of anilines is 1. The second-order valence-electron chi connectivity index (χ2n) is 8.33. The highest BCUT2D eigenvalue weighted by Crippen LogP contribution is 2.38. The monoisotopic (exact) mass is 357 g/mol. The van der Waals surface area contributed by atoms with Crippen molar-refractivity contribution in [3.05, 3.63) is 29.8 Å². The fourth-order valence-corrected chi connectivity index (χ4v) is 4.71. The van der Waals surface area contributed by atoms with Crippen LogP contribution in [0.1, 0.15) is 42.5 Å². The number of nitrogens with zero attached hydrogens (tertiary/aromatic N) is 3. The molecule has 3 aliphatic heterocycles. The van der Waals surface area contributed by atoms with Gasteiger partial charge in [-0.05, 0) is 69.5 Å². The molecular weight excluding hydrogens is 326 g/mol. The summed E-state index contributed by atoms with van der Waals surface area (Å²) in [6, 6.07) is 8.51. The summed E-state index contributed by atoms with van der Waals surface area (Å²) in [5, 5.41) is 0. The van der Waals surface area contributed by atoms with Gasteiger partial charge in [-0.3, -0.25) is 9.69 Å². The van der Waals surface area contributed by atoms with Crippen LogP contribution in [-0.4, -0.2) is 74.2 Å². The quantitative estimate of drug-likeness (QED) is 0.833. The molecule has 1 amide bonds. The van der Waals surface area contributed by atoms with Crippen molar-refractivity contribution in [1.82, 2.24) is 9.80 Å². The number of benzene rings is 1. The Kier molecular flexibility index (Phi) is 4.93. The standard InChI is InChI=1S/C21H31N3O2/c1-22(2)18-7-5-17(6-8-18)20(25)24-13-9-21(10-14-24)15-19(16-26-21)23-11-3-4-12-23/h5-8,19H,3-4,9-16H2,1-2H3/t19-/m1/s1. The minimum atomic E-state index is 0.0127. The lowest BCUT2D eigenvalue weighted by atomic mass is 9.87. The average molecular weight is 357 g/mol. The van der Waals surface area contributed by atoms with Gasteiger partial charge in [0.1, 0.15) is 0 Å². The first-order valence-corrected chi connectivity index (χ1v) is 10.0. The number of hydrogen-bond donors (Lipinski definition) is 0. The molecule has 1 spiro atoms. The summed E-state index contributed by atoms with van der Waals surface area (Å²) in [6.45, 7) is 4.96. The Balaban J connectivity index is 1.34. The van der Waals surface area contributed by atoms with Crippen LogP contribution in [0.3, 0.4) is 0 Å². The van der Waals surface area contributed by atoms with Crippen molar-refractivity contribution in [1.29, 1.82) is 0 Å². The van der Waals surface area contributed by atoms with E-state index in [1.165, 1.54) is 25.9 Å². The summed E-state index contributed by atoms with van der Waals surface area (Å²) in [5.41, 5.74) is 1.92. The van der Waals surface area contributed by atoms with Gasteiger partial charge in [0.25, 0.3) is 5.91 Å². The van der Waals surface area contributed by atoms with Gasteiger partial charge in [-0.25, -0.2) is 0 Å². The third kappa shape index (κ3) is 3.47. The molecule has 1 aromatic carbocycles. The summed E-state index contributed by atoms with van der Waals surface area (Å²) in [7, 11) is 4.02. The van der Waals surface area contributed by atoms with Gasteiger partial charge < -0.3 is 14.5 Å². The maximum atomic E-state index is 12.8. The molecule has 4 rings (SSSR count). The van der Waals surface area contributed by atoms with Gasteiger partial charge in [-0.1, -0.05) is 0 Å². The summed E-state index contributed by atoms with van der Waals surface area (Å²) in [6.07, 6.45) is 5.75. The molecule has 3 saturated heterocycles. The van der Waals surface area contributed by atoms with Gasteiger partial charge in [0, 0.05) is 44.5 Å². The Hall–Kier alpha value is -1.59. The average Bonchev–Trinajstić information content (AvgIpc) is 3.32. The van der Waals surface area contributed by atoms with Crippen LogP contribution in [0.4, 0.5) is 5.69 Å². The zero-order valence-corrected chi connectivity index (χ0v) is 16.1. The second-order valence-corrected chi connectivity index (χ2v) is 8.33. The fraction of sp³-hybridized carbons (Fsp3) is 0.667. The van der Waals surface area contributed by atoms with Gasteiger partial charge >= 0.3 is 0 Å². The lowest BCUT2D eigenvalue weighted by Crippen LogP contribution is -2.47. The number of hydrogen-bond acceptors (Lipinski definition) is 4. The molecule has 3 heterocycles. The normalized spacial score (nSPS) is 25.8. The zero-order valence-electron chi connectivity index (χ0n) is 16.1. The maximum Gasteiger partial charge on any atom is 0.253 e. The Morgan fingerprint density at radius 3 is 2.35 bits per heavy atom. The van der Waals surface area contributed by atoms with Gasteiger partial charge in [0.15, 0.2) is 0 Å². The van der Waals surface area contributed by atoms with Crippen LogP contribution in [0, 0.1) is 0 Å². The molecule has 0 aliphatic carbocycles.